The van der Waals surface area contributed by atoms with Crippen LogP contribution < -0.4 is 5.73 Å². The van der Waals surface area contributed by atoms with Crippen molar-refractivity contribution >= 4 is 0 Å². The van der Waals surface area contributed by atoms with E-state index < -0.39 is 0 Å². The molecule has 2 nitrogen and oxygen atoms in total. The summed E-state index contributed by atoms with van der Waals surface area (Å²) in [5.41, 5.74) is 9.81. The summed E-state index contributed by atoms with van der Waals surface area (Å²) in [6.07, 6.45) is 2.62. The normalized spacial score (nSPS) is 16.3. The number of halogens is 1. The first kappa shape index (κ1) is 15.2. The Morgan fingerprint density at radius 3 is 2.59 bits per heavy atom. The van der Waals surface area contributed by atoms with E-state index >= 15 is 0 Å². The number of hydrogen-bond acceptors (Lipinski definition) is 2. The van der Waals surface area contributed by atoms with Gasteiger partial charge in [-0.2, -0.15) is 0 Å². The average molecular weight is 298 g/mol. The third kappa shape index (κ3) is 3.73. The lowest BCUT2D eigenvalue weighted by atomic mass is 9.99. The number of nitrogens with zero attached hydrogens (tertiary/aromatic N) is 1. The van der Waals surface area contributed by atoms with Gasteiger partial charge in [0, 0.05) is 19.1 Å². The van der Waals surface area contributed by atoms with Gasteiger partial charge >= 0.3 is 0 Å². The molecule has 0 spiro atoms. The first-order chi connectivity index (χ1) is 10.7. The van der Waals surface area contributed by atoms with E-state index in [1.165, 1.54) is 17.2 Å². The lowest BCUT2D eigenvalue weighted by Gasteiger charge is -2.29. The van der Waals surface area contributed by atoms with Gasteiger partial charge in [0.05, 0.1) is 0 Å². The van der Waals surface area contributed by atoms with Gasteiger partial charge < -0.3 is 5.73 Å². The molecule has 116 valence electrons. The van der Waals surface area contributed by atoms with E-state index in [1.54, 1.807) is 6.07 Å². The van der Waals surface area contributed by atoms with Gasteiger partial charge in [-0.05, 0) is 48.6 Å². The zero-order chi connectivity index (χ0) is 15.4. The number of fused-ring (bicyclic) bond motifs is 1. The first-order valence-electron chi connectivity index (χ1n) is 8.00. The van der Waals surface area contributed by atoms with E-state index in [2.05, 4.69) is 29.2 Å². The summed E-state index contributed by atoms with van der Waals surface area (Å²) in [7, 11) is 0. The van der Waals surface area contributed by atoms with Crippen molar-refractivity contribution in [2.24, 2.45) is 5.73 Å². The Kier molecular flexibility index (Phi) is 4.86. The highest BCUT2D eigenvalue weighted by Crippen LogP contribution is 2.19. The van der Waals surface area contributed by atoms with Crippen LogP contribution in [0.1, 0.15) is 23.1 Å². The Morgan fingerprint density at radius 2 is 1.77 bits per heavy atom. The fourth-order valence-corrected chi connectivity index (χ4v) is 3.14. The van der Waals surface area contributed by atoms with E-state index in [-0.39, 0.29) is 11.9 Å². The Hall–Kier alpha value is -1.71. The zero-order valence-corrected chi connectivity index (χ0v) is 12.8. The second-order valence-corrected chi connectivity index (χ2v) is 6.14. The minimum Gasteiger partial charge on any atom is -0.327 e. The lowest BCUT2D eigenvalue weighted by molar-refractivity contribution is 0.244. The molecule has 1 heterocycles. The van der Waals surface area contributed by atoms with Crippen molar-refractivity contribution in [2.45, 2.75) is 31.8 Å². The monoisotopic (exact) mass is 298 g/mol. The van der Waals surface area contributed by atoms with Crippen molar-refractivity contribution in [3.63, 3.8) is 0 Å². The summed E-state index contributed by atoms with van der Waals surface area (Å²) in [4.78, 5) is 2.45. The smallest absolute Gasteiger partial charge is 0.126 e. The molecule has 1 aliphatic rings. The van der Waals surface area contributed by atoms with Gasteiger partial charge in [-0.1, -0.05) is 42.5 Å². The Bertz CT molecular complexity index is 626. The maximum atomic E-state index is 13.6. The molecular formula is C19H23FN2. The minimum atomic E-state index is -0.148. The zero-order valence-electron chi connectivity index (χ0n) is 12.8. The standard InChI is InChI=1S/C19H23FN2/c20-19-8-4-3-6-16(19)13-18(21)10-12-22-11-9-15-5-1-2-7-17(15)14-22/h1-8,18H,9-14,21H2/t18-/m0/s1. The molecule has 0 saturated heterocycles. The molecule has 2 N–H and O–H groups in total. The molecule has 3 rings (SSSR count). The molecule has 3 heteroatoms. The van der Waals surface area contributed by atoms with Crippen LogP contribution in [0.5, 0.6) is 0 Å². The second kappa shape index (κ2) is 7.03. The minimum absolute atomic E-state index is 0.00840. The molecular weight excluding hydrogens is 275 g/mol. The highest BCUT2D eigenvalue weighted by molar-refractivity contribution is 5.29. The van der Waals surface area contributed by atoms with Crippen molar-refractivity contribution in [3.8, 4) is 0 Å². The third-order valence-electron chi connectivity index (χ3n) is 4.47. The predicted octanol–water partition coefficient (Wildman–Crippen LogP) is 3.14. The molecule has 1 aliphatic heterocycles. The van der Waals surface area contributed by atoms with E-state index in [0.29, 0.717) is 6.42 Å². The molecule has 2 aromatic carbocycles. The molecule has 0 saturated carbocycles. The SMILES string of the molecule is N[C@@H](CCN1CCc2ccccc2C1)Cc1ccccc1F. The molecule has 1 atom stereocenters. The second-order valence-electron chi connectivity index (χ2n) is 6.14. The van der Waals surface area contributed by atoms with Crippen LogP contribution in [0.2, 0.25) is 0 Å². The Balaban J connectivity index is 1.50. The fourth-order valence-electron chi connectivity index (χ4n) is 3.14. The highest BCUT2D eigenvalue weighted by Gasteiger charge is 2.16. The van der Waals surface area contributed by atoms with Crippen molar-refractivity contribution in [1.29, 1.82) is 0 Å². The van der Waals surface area contributed by atoms with Gasteiger partial charge in [0.1, 0.15) is 5.82 Å². The fraction of sp³-hybridized carbons (Fsp3) is 0.368. The van der Waals surface area contributed by atoms with Crippen LogP contribution in [0.25, 0.3) is 0 Å². The van der Waals surface area contributed by atoms with Gasteiger partial charge in [-0.15, -0.1) is 0 Å². The molecule has 0 aliphatic carbocycles. The van der Waals surface area contributed by atoms with Crippen LogP contribution in [-0.4, -0.2) is 24.0 Å². The number of nitrogens with two attached hydrogens (primary N) is 1. The summed E-state index contributed by atoms with van der Waals surface area (Å²) in [5.74, 6) is -0.148. The molecule has 0 bridgehead atoms. The van der Waals surface area contributed by atoms with Gasteiger partial charge in [0.2, 0.25) is 0 Å². The molecule has 0 aromatic heterocycles. The topological polar surface area (TPSA) is 29.3 Å². The third-order valence-corrected chi connectivity index (χ3v) is 4.47. The summed E-state index contributed by atoms with van der Waals surface area (Å²) in [5, 5.41) is 0. The van der Waals surface area contributed by atoms with E-state index in [4.69, 9.17) is 5.73 Å². The van der Waals surface area contributed by atoms with Crippen LogP contribution >= 0.6 is 0 Å². The van der Waals surface area contributed by atoms with Gasteiger partial charge in [0.15, 0.2) is 0 Å². The van der Waals surface area contributed by atoms with E-state index in [1.807, 2.05) is 12.1 Å². The van der Waals surface area contributed by atoms with Crippen molar-refractivity contribution in [2.75, 3.05) is 13.1 Å². The molecule has 0 radical (unpaired) electrons. The van der Waals surface area contributed by atoms with Gasteiger partial charge in [-0.25, -0.2) is 4.39 Å². The maximum absolute atomic E-state index is 13.6. The van der Waals surface area contributed by atoms with Crippen LogP contribution in [0, 0.1) is 5.82 Å². The molecule has 0 unspecified atom stereocenters. The van der Waals surface area contributed by atoms with E-state index in [0.717, 1.165) is 38.0 Å². The average Bonchev–Trinajstić information content (AvgIpc) is 2.55. The number of benzene rings is 2. The maximum Gasteiger partial charge on any atom is 0.126 e. The largest absolute Gasteiger partial charge is 0.327 e. The van der Waals surface area contributed by atoms with Crippen molar-refractivity contribution in [3.05, 3.63) is 71.0 Å². The van der Waals surface area contributed by atoms with Crippen molar-refractivity contribution < 1.29 is 4.39 Å². The quantitative estimate of drug-likeness (QED) is 0.919. The van der Waals surface area contributed by atoms with Crippen molar-refractivity contribution in [1.82, 2.24) is 4.90 Å². The summed E-state index contributed by atoms with van der Waals surface area (Å²) < 4.78 is 13.6. The molecule has 0 fully saturated rings. The molecule has 22 heavy (non-hydrogen) atoms. The van der Waals surface area contributed by atoms with Crippen LogP contribution in [0.3, 0.4) is 0 Å². The van der Waals surface area contributed by atoms with E-state index in [9.17, 15) is 4.39 Å². The Morgan fingerprint density at radius 1 is 1.05 bits per heavy atom. The van der Waals surface area contributed by atoms with Crippen LogP contribution in [0.4, 0.5) is 4.39 Å². The number of hydrogen-bond donors (Lipinski definition) is 1. The first-order valence-corrected chi connectivity index (χ1v) is 8.00. The van der Waals surface area contributed by atoms with Crippen LogP contribution in [0.15, 0.2) is 48.5 Å². The molecule has 2 aromatic rings. The Labute approximate surface area is 131 Å². The lowest BCUT2D eigenvalue weighted by Crippen LogP contribution is -2.35. The number of rotatable bonds is 5. The summed E-state index contributed by atoms with van der Waals surface area (Å²) in [6.45, 7) is 3.07. The van der Waals surface area contributed by atoms with Gasteiger partial charge in [0.25, 0.3) is 0 Å². The van der Waals surface area contributed by atoms with Gasteiger partial charge in [-0.3, -0.25) is 4.90 Å². The summed E-state index contributed by atoms with van der Waals surface area (Å²) in [6, 6.07) is 15.6. The van der Waals surface area contributed by atoms with Crippen LogP contribution in [-0.2, 0) is 19.4 Å². The molecule has 0 amide bonds. The predicted molar refractivity (Wildman–Crippen MR) is 88.1 cm³/mol. The highest BCUT2D eigenvalue weighted by atomic mass is 19.1. The summed E-state index contributed by atoms with van der Waals surface area (Å²) >= 11 is 0.